The van der Waals surface area contributed by atoms with Crippen LogP contribution in [0, 0.1) is 0 Å². The van der Waals surface area contributed by atoms with Crippen LogP contribution >= 0.6 is 11.3 Å². The lowest BCUT2D eigenvalue weighted by Crippen LogP contribution is -2.24. The lowest BCUT2D eigenvalue weighted by atomic mass is 10.0. The Kier molecular flexibility index (Phi) is 6.77. The van der Waals surface area contributed by atoms with Gasteiger partial charge in [-0.15, -0.1) is 0 Å². The van der Waals surface area contributed by atoms with E-state index in [0.29, 0.717) is 18.5 Å². The second-order valence-electron chi connectivity index (χ2n) is 6.10. The zero-order valence-electron chi connectivity index (χ0n) is 14.9. The van der Waals surface area contributed by atoms with E-state index in [-0.39, 0.29) is 24.9 Å². The smallest absolute Gasteiger partial charge is 0.306 e. The molecule has 3 rings (SSSR count). The van der Waals surface area contributed by atoms with Gasteiger partial charge in [0.15, 0.2) is 0 Å². The van der Waals surface area contributed by atoms with E-state index in [0.717, 1.165) is 16.7 Å². The minimum atomic E-state index is -0.257. The molecule has 1 amide bonds. The zero-order chi connectivity index (χ0) is 18.9. The van der Waals surface area contributed by atoms with Crippen LogP contribution in [-0.4, -0.2) is 18.4 Å². The maximum atomic E-state index is 11.8. The average molecular weight is 379 g/mol. The van der Waals surface area contributed by atoms with Gasteiger partial charge in [-0.1, -0.05) is 54.6 Å². The molecule has 1 heterocycles. The first-order valence-electron chi connectivity index (χ1n) is 8.83. The van der Waals surface area contributed by atoms with E-state index >= 15 is 0 Å². The second kappa shape index (κ2) is 9.69. The predicted molar refractivity (Wildman–Crippen MR) is 108 cm³/mol. The van der Waals surface area contributed by atoms with Crippen molar-refractivity contribution in [2.24, 2.45) is 0 Å². The molecule has 3 aromatic rings. The lowest BCUT2D eigenvalue weighted by molar-refractivity contribution is -0.145. The quantitative estimate of drug-likeness (QED) is 0.457. The molecule has 0 aliphatic carbocycles. The van der Waals surface area contributed by atoms with Crippen molar-refractivity contribution in [1.82, 2.24) is 5.32 Å². The summed E-state index contributed by atoms with van der Waals surface area (Å²) < 4.78 is 5.30. The van der Waals surface area contributed by atoms with Crippen LogP contribution in [-0.2, 0) is 16.1 Å². The van der Waals surface area contributed by atoms with Crippen LogP contribution in [0.3, 0.4) is 0 Å². The largest absolute Gasteiger partial charge is 0.461 e. The molecule has 1 aromatic heterocycles. The van der Waals surface area contributed by atoms with Gasteiger partial charge in [-0.3, -0.25) is 9.59 Å². The van der Waals surface area contributed by atoms with Gasteiger partial charge < -0.3 is 10.1 Å². The molecular formula is C22H21NO3S. The average Bonchev–Trinajstić information content (AvgIpc) is 3.25. The summed E-state index contributed by atoms with van der Waals surface area (Å²) in [5, 5.41) is 6.45. The predicted octanol–water partition coefficient (Wildman–Crippen LogP) is 4.67. The Hall–Kier alpha value is -2.92. The molecule has 0 spiro atoms. The number of nitrogens with one attached hydrogen (secondary N) is 1. The van der Waals surface area contributed by atoms with Crippen molar-refractivity contribution in [2.75, 3.05) is 6.54 Å². The maximum Gasteiger partial charge on any atom is 0.306 e. The molecule has 0 saturated heterocycles. The van der Waals surface area contributed by atoms with Crippen molar-refractivity contribution >= 4 is 23.2 Å². The number of rotatable bonds is 8. The summed E-state index contributed by atoms with van der Waals surface area (Å²) in [6.07, 6.45) is 0.841. The van der Waals surface area contributed by atoms with Crippen molar-refractivity contribution in [3.63, 3.8) is 0 Å². The second-order valence-corrected chi connectivity index (χ2v) is 6.88. The molecule has 0 aliphatic rings. The Bertz CT molecular complexity index is 858. The summed E-state index contributed by atoms with van der Waals surface area (Å²) in [7, 11) is 0. The Morgan fingerprint density at radius 3 is 2.37 bits per heavy atom. The number of amides is 1. The van der Waals surface area contributed by atoms with Crippen LogP contribution in [0.5, 0.6) is 0 Å². The Morgan fingerprint density at radius 2 is 1.67 bits per heavy atom. The summed E-state index contributed by atoms with van der Waals surface area (Å²) in [5.41, 5.74) is 3.90. The van der Waals surface area contributed by atoms with Gasteiger partial charge in [-0.25, -0.2) is 0 Å². The highest BCUT2D eigenvalue weighted by Gasteiger charge is 2.07. The number of thiophene rings is 1. The van der Waals surface area contributed by atoms with E-state index < -0.39 is 0 Å². The van der Waals surface area contributed by atoms with Gasteiger partial charge in [0.25, 0.3) is 5.91 Å². The Labute approximate surface area is 162 Å². The molecule has 27 heavy (non-hydrogen) atoms. The number of hydrogen-bond donors (Lipinski definition) is 1. The molecule has 0 bridgehead atoms. The number of benzene rings is 2. The number of esters is 1. The van der Waals surface area contributed by atoms with Crippen molar-refractivity contribution in [3.05, 3.63) is 82.6 Å². The zero-order valence-corrected chi connectivity index (χ0v) is 15.7. The normalized spacial score (nSPS) is 10.4. The third-order valence-electron chi connectivity index (χ3n) is 4.09. The fourth-order valence-corrected chi connectivity index (χ4v) is 3.23. The molecule has 0 atom stereocenters. The molecular weight excluding hydrogens is 358 g/mol. The van der Waals surface area contributed by atoms with Crippen LogP contribution < -0.4 is 5.32 Å². The van der Waals surface area contributed by atoms with Gasteiger partial charge in [0, 0.05) is 23.9 Å². The van der Waals surface area contributed by atoms with Crippen molar-refractivity contribution < 1.29 is 14.3 Å². The van der Waals surface area contributed by atoms with Crippen LogP contribution in [0.15, 0.2) is 71.4 Å². The number of ether oxygens (including phenoxy) is 1. The van der Waals surface area contributed by atoms with E-state index in [4.69, 9.17) is 4.74 Å². The van der Waals surface area contributed by atoms with Gasteiger partial charge in [-0.2, -0.15) is 11.3 Å². The fraction of sp³-hybridized carbons (Fsp3) is 0.182. The number of carbonyl (C=O) groups excluding carboxylic acids is 2. The molecule has 0 radical (unpaired) electrons. The summed E-state index contributed by atoms with van der Waals surface area (Å²) in [6.45, 7) is 0.713. The van der Waals surface area contributed by atoms with E-state index in [1.54, 1.807) is 11.4 Å². The monoisotopic (exact) mass is 379 g/mol. The Morgan fingerprint density at radius 1 is 0.926 bits per heavy atom. The maximum absolute atomic E-state index is 11.8. The molecule has 5 heteroatoms. The first-order valence-corrected chi connectivity index (χ1v) is 9.77. The summed E-state index contributed by atoms with van der Waals surface area (Å²) in [4.78, 5) is 23.6. The molecule has 0 unspecified atom stereocenters. The van der Waals surface area contributed by atoms with Gasteiger partial charge in [0.05, 0.1) is 0 Å². The van der Waals surface area contributed by atoms with Crippen LogP contribution in [0.25, 0.3) is 11.1 Å². The summed E-state index contributed by atoms with van der Waals surface area (Å²) >= 11 is 1.48. The number of carbonyl (C=O) groups is 2. The molecule has 0 aliphatic heterocycles. The van der Waals surface area contributed by atoms with Crippen LogP contribution in [0.2, 0.25) is 0 Å². The highest BCUT2D eigenvalue weighted by molar-refractivity contribution is 7.08. The van der Waals surface area contributed by atoms with E-state index in [2.05, 4.69) is 17.4 Å². The Balaban J connectivity index is 1.36. The first kappa shape index (κ1) is 18.9. The van der Waals surface area contributed by atoms with E-state index in [1.807, 2.05) is 47.8 Å². The molecule has 2 aromatic carbocycles. The standard InChI is InChI=1S/C22H21NO3S/c24-21(7-4-13-23-22(25)20-12-14-27-16-20)26-15-17-8-10-19(11-9-17)18-5-2-1-3-6-18/h1-3,5-6,8-12,14,16H,4,7,13,15H2,(H,23,25). The van der Waals surface area contributed by atoms with Crippen molar-refractivity contribution in [2.45, 2.75) is 19.4 Å². The van der Waals surface area contributed by atoms with Crippen molar-refractivity contribution in [1.29, 1.82) is 0 Å². The number of hydrogen-bond acceptors (Lipinski definition) is 4. The van der Waals surface area contributed by atoms with E-state index in [9.17, 15) is 9.59 Å². The summed E-state index contributed by atoms with van der Waals surface area (Å²) in [6, 6.07) is 19.9. The third kappa shape index (κ3) is 5.79. The molecule has 1 N–H and O–H groups in total. The minimum absolute atomic E-state index is 0.108. The molecule has 4 nitrogen and oxygen atoms in total. The third-order valence-corrected chi connectivity index (χ3v) is 4.77. The van der Waals surface area contributed by atoms with Gasteiger partial charge >= 0.3 is 5.97 Å². The molecule has 0 saturated carbocycles. The highest BCUT2D eigenvalue weighted by atomic mass is 32.1. The van der Waals surface area contributed by atoms with E-state index in [1.165, 1.54) is 11.3 Å². The van der Waals surface area contributed by atoms with Crippen molar-refractivity contribution in [3.8, 4) is 11.1 Å². The van der Waals surface area contributed by atoms with Crippen LogP contribution in [0.1, 0.15) is 28.8 Å². The van der Waals surface area contributed by atoms with Crippen LogP contribution in [0.4, 0.5) is 0 Å². The molecule has 138 valence electrons. The van der Waals surface area contributed by atoms with Gasteiger partial charge in [-0.05, 0) is 34.6 Å². The SMILES string of the molecule is O=C(CCCNC(=O)c1ccsc1)OCc1ccc(-c2ccccc2)cc1. The molecule has 0 fully saturated rings. The van der Waals surface area contributed by atoms with Gasteiger partial charge in [0.1, 0.15) is 6.61 Å². The fourth-order valence-electron chi connectivity index (χ4n) is 2.59. The first-order chi connectivity index (χ1) is 13.2. The highest BCUT2D eigenvalue weighted by Crippen LogP contribution is 2.19. The summed E-state index contributed by atoms with van der Waals surface area (Å²) in [5.74, 6) is -0.366. The van der Waals surface area contributed by atoms with Gasteiger partial charge in [0.2, 0.25) is 0 Å². The lowest BCUT2D eigenvalue weighted by Gasteiger charge is -2.07. The topological polar surface area (TPSA) is 55.4 Å². The minimum Gasteiger partial charge on any atom is -0.461 e.